The monoisotopic (exact) mass is 301 g/mol. The van der Waals surface area contributed by atoms with Gasteiger partial charge in [-0.2, -0.15) is 5.26 Å². The smallest absolute Gasteiger partial charge is 0.147 e. The third kappa shape index (κ3) is 4.19. The van der Waals surface area contributed by atoms with E-state index >= 15 is 0 Å². The van der Waals surface area contributed by atoms with Gasteiger partial charge < -0.3 is 10.1 Å². The molecular formula is C16H16ClN3O. The zero-order valence-electron chi connectivity index (χ0n) is 11.8. The lowest BCUT2D eigenvalue weighted by Crippen LogP contribution is -2.13. The van der Waals surface area contributed by atoms with Crippen LogP contribution in [0.4, 0.5) is 0 Å². The standard InChI is InChI=1S/C16H16ClN3O/c1-2-19-10-13-8-14(17)5-6-16(13)21-11-12-4-3-7-20-15(12)9-18/h3-8,19H,2,10-11H2,1H3. The fraction of sp³-hybridized carbons (Fsp3) is 0.250. The number of pyridine rings is 1. The molecule has 0 radical (unpaired) electrons. The molecule has 0 aliphatic heterocycles. The van der Waals surface area contributed by atoms with E-state index in [1.165, 1.54) is 0 Å². The highest BCUT2D eigenvalue weighted by molar-refractivity contribution is 6.30. The van der Waals surface area contributed by atoms with Gasteiger partial charge in [-0.05, 0) is 30.8 Å². The third-order valence-corrected chi connectivity index (χ3v) is 3.20. The quantitative estimate of drug-likeness (QED) is 0.889. The van der Waals surface area contributed by atoms with Crippen molar-refractivity contribution in [3.8, 4) is 11.8 Å². The Bertz CT molecular complexity index is 652. The first-order valence-corrected chi connectivity index (χ1v) is 7.08. The summed E-state index contributed by atoms with van der Waals surface area (Å²) in [6.07, 6.45) is 1.60. The zero-order valence-corrected chi connectivity index (χ0v) is 12.5. The summed E-state index contributed by atoms with van der Waals surface area (Å²) in [5.41, 5.74) is 2.15. The van der Waals surface area contributed by atoms with Gasteiger partial charge in [-0.15, -0.1) is 0 Å². The Hall–Kier alpha value is -2.09. The topological polar surface area (TPSA) is 57.9 Å². The summed E-state index contributed by atoms with van der Waals surface area (Å²) >= 11 is 6.02. The Morgan fingerprint density at radius 3 is 2.95 bits per heavy atom. The molecule has 21 heavy (non-hydrogen) atoms. The average Bonchev–Trinajstić information content (AvgIpc) is 2.52. The van der Waals surface area contributed by atoms with Crippen LogP contribution in [0, 0.1) is 11.3 Å². The fourth-order valence-corrected chi connectivity index (χ4v) is 2.09. The highest BCUT2D eigenvalue weighted by atomic mass is 35.5. The Labute approximate surface area is 129 Å². The third-order valence-electron chi connectivity index (χ3n) is 2.97. The van der Waals surface area contributed by atoms with E-state index in [9.17, 15) is 0 Å². The van der Waals surface area contributed by atoms with Crippen molar-refractivity contribution < 1.29 is 4.74 Å². The first-order chi connectivity index (χ1) is 10.2. The first-order valence-electron chi connectivity index (χ1n) is 6.70. The van der Waals surface area contributed by atoms with Crippen molar-refractivity contribution in [2.45, 2.75) is 20.1 Å². The predicted octanol–water partition coefficient (Wildman–Crippen LogP) is 3.30. The molecule has 5 heteroatoms. The van der Waals surface area contributed by atoms with E-state index in [4.69, 9.17) is 21.6 Å². The lowest BCUT2D eigenvalue weighted by atomic mass is 10.2. The molecule has 0 saturated heterocycles. The lowest BCUT2D eigenvalue weighted by molar-refractivity contribution is 0.301. The SMILES string of the molecule is CCNCc1cc(Cl)ccc1OCc1cccnc1C#N. The molecule has 0 aliphatic rings. The lowest BCUT2D eigenvalue weighted by Gasteiger charge is -2.12. The van der Waals surface area contributed by atoms with Crippen LogP contribution in [0.1, 0.15) is 23.7 Å². The summed E-state index contributed by atoms with van der Waals surface area (Å²) in [7, 11) is 0. The number of aromatic nitrogens is 1. The molecule has 0 fully saturated rings. The second-order valence-electron chi connectivity index (χ2n) is 4.44. The maximum atomic E-state index is 9.03. The normalized spacial score (nSPS) is 10.1. The highest BCUT2D eigenvalue weighted by Gasteiger charge is 2.07. The molecule has 1 aromatic heterocycles. The van der Waals surface area contributed by atoms with Crippen LogP contribution in [0.5, 0.6) is 5.75 Å². The van der Waals surface area contributed by atoms with Crippen molar-refractivity contribution in [3.63, 3.8) is 0 Å². The van der Waals surface area contributed by atoms with E-state index in [1.807, 2.05) is 25.1 Å². The summed E-state index contributed by atoms with van der Waals surface area (Å²) in [6, 6.07) is 11.2. The van der Waals surface area contributed by atoms with Gasteiger partial charge >= 0.3 is 0 Å². The van der Waals surface area contributed by atoms with Gasteiger partial charge in [0.1, 0.15) is 24.1 Å². The number of rotatable bonds is 6. The molecule has 0 unspecified atom stereocenters. The van der Waals surface area contributed by atoms with Crippen LogP contribution in [-0.4, -0.2) is 11.5 Å². The molecule has 0 bridgehead atoms. The van der Waals surface area contributed by atoms with Gasteiger partial charge in [0, 0.05) is 28.9 Å². The summed E-state index contributed by atoms with van der Waals surface area (Å²) in [5, 5.41) is 13.0. The number of hydrogen-bond acceptors (Lipinski definition) is 4. The molecule has 0 aliphatic carbocycles. The van der Waals surface area contributed by atoms with E-state index < -0.39 is 0 Å². The maximum absolute atomic E-state index is 9.03. The van der Waals surface area contributed by atoms with Gasteiger partial charge in [-0.25, -0.2) is 4.98 Å². The Morgan fingerprint density at radius 1 is 1.33 bits per heavy atom. The van der Waals surface area contributed by atoms with E-state index in [1.54, 1.807) is 18.3 Å². The molecule has 108 valence electrons. The molecule has 2 aromatic rings. The number of ether oxygens (including phenoxy) is 1. The molecular weight excluding hydrogens is 286 g/mol. The fourth-order valence-electron chi connectivity index (χ4n) is 1.90. The predicted molar refractivity (Wildman–Crippen MR) is 82.1 cm³/mol. The van der Waals surface area contributed by atoms with Crippen LogP contribution in [0.3, 0.4) is 0 Å². The van der Waals surface area contributed by atoms with Crippen LogP contribution in [0.25, 0.3) is 0 Å². The molecule has 2 rings (SSSR count). The second kappa shape index (κ2) is 7.63. The van der Waals surface area contributed by atoms with Crippen LogP contribution >= 0.6 is 11.6 Å². The Balaban J connectivity index is 2.14. The molecule has 0 saturated carbocycles. The molecule has 0 amide bonds. The maximum Gasteiger partial charge on any atom is 0.147 e. The summed E-state index contributed by atoms with van der Waals surface area (Å²) < 4.78 is 5.83. The molecule has 0 spiro atoms. The minimum absolute atomic E-state index is 0.303. The van der Waals surface area contributed by atoms with Crippen molar-refractivity contribution in [2.24, 2.45) is 0 Å². The van der Waals surface area contributed by atoms with Gasteiger partial charge in [0.2, 0.25) is 0 Å². The van der Waals surface area contributed by atoms with E-state index in [0.717, 1.165) is 23.4 Å². The van der Waals surface area contributed by atoms with Gasteiger partial charge in [0.15, 0.2) is 0 Å². The second-order valence-corrected chi connectivity index (χ2v) is 4.88. The van der Waals surface area contributed by atoms with Gasteiger partial charge in [0.05, 0.1) is 0 Å². The van der Waals surface area contributed by atoms with E-state index in [-0.39, 0.29) is 0 Å². The molecule has 1 aromatic carbocycles. The number of nitrogens with one attached hydrogen (secondary N) is 1. The number of benzene rings is 1. The van der Waals surface area contributed by atoms with Crippen LogP contribution < -0.4 is 10.1 Å². The largest absolute Gasteiger partial charge is 0.488 e. The Morgan fingerprint density at radius 2 is 2.19 bits per heavy atom. The summed E-state index contributed by atoms with van der Waals surface area (Å²) in [6.45, 7) is 3.90. The molecule has 1 N–H and O–H groups in total. The molecule has 1 heterocycles. The van der Waals surface area contributed by atoms with Crippen LogP contribution in [-0.2, 0) is 13.2 Å². The number of hydrogen-bond donors (Lipinski definition) is 1. The minimum Gasteiger partial charge on any atom is -0.488 e. The van der Waals surface area contributed by atoms with Crippen LogP contribution in [0.15, 0.2) is 36.5 Å². The number of nitrogens with zero attached hydrogens (tertiary/aromatic N) is 2. The zero-order chi connectivity index (χ0) is 15.1. The summed E-state index contributed by atoms with van der Waals surface area (Å²) in [5.74, 6) is 0.757. The van der Waals surface area contributed by atoms with E-state index in [0.29, 0.717) is 23.9 Å². The van der Waals surface area contributed by atoms with Crippen LogP contribution in [0.2, 0.25) is 5.02 Å². The summed E-state index contributed by atoms with van der Waals surface area (Å²) in [4.78, 5) is 4.02. The van der Waals surface area contributed by atoms with Crippen molar-refractivity contribution >= 4 is 11.6 Å². The van der Waals surface area contributed by atoms with Gasteiger partial charge in [-0.1, -0.05) is 24.6 Å². The minimum atomic E-state index is 0.303. The first kappa shape index (κ1) is 15.3. The van der Waals surface area contributed by atoms with Crippen molar-refractivity contribution in [1.82, 2.24) is 10.3 Å². The van der Waals surface area contributed by atoms with Gasteiger partial charge in [0.25, 0.3) is 0 Å². The van der Waals surface area contributed by atoms with Gasteiger partial charge in [-0.3, -0.25) is 0 Å². The van der Waals surface area contributed by atoms with E-state index in [2.05, 4.69) is 16.4 Å². The molecule has 0 atom stereocenters. The Kier molecular flexibility index (Phi) is 5.56. The van der Waals surface area contributed by atoms with Crippen molar-refractivity contribution in [3.05, 3.63) is 58.4 Å². The molecule has 4 nitrogen and oxygen atoms in total. The number of halogens is 1. The highest BCUT2D eigenvalue weighted by Crippen LogP contribution is 2.24. The number of nitriles is 1. The average molecular weight is 302 g/mol. The van der Waals surface area contributed by atoms with Crippen molar-refractivity contribution in [2.75, 3.05) is 6.54 Å². The van der Waals surface area contributed by atoms with Crippen molar-refractivity contribution in [1.29, 1.82) is 5.26 Å².